The summed E-state index contributed by atoms with van der Waals surface area (Å²) in [4.78, 5) is 14.1. The minimum absolute atomic E-state index is 0.0466. The summed E-state index contributed by atoms with van der Waals surface area (Å²) in [6.45, 7) is 4.99. The third-order valence-electron chi connectivity index (χ3n) is 3.47. The normalized spacial score (nSPS) is 18.7. The smallest absolute Gasteiger partial charge is 0.252 e. The van der Waals surface area contributed by atoms with Crippen molar-refractivity contribution >= 4 is 17.5 Å². The third-order valence-corrected chi connectivity index (χ3v) is 3.79. The van der Waals surface area contributed by atoms with Crippen molar-refractivity contribution in [2.24, 2.45) is 0 Å². The Balaban J connectivity index is 1.88. The van der Waals surface area contributed by atoms with Gasteiger partial charge in [0.2, 0.25) is 0 Å². The van der Waals surface area contributed by atoms with Crippen LogP contribution >= 0.6 is 11.6 Å². The number of rotatable bonds is 5. The standard InChI is InChI=1S/C15H20ClFN2O3/c1-15(21,10-19-4-6-22-7-5-19)9-18-14(20)12-3-2-11(17)8-13(12)16/h2-3,8,21H,4-7,9-10H2,1H3,(H,18,20). The van der Waals surface area contributed by atoms with Crippen LogP contribution in [0.1, 0.15) is 17.3 Å². The second-order valence-electron chi connectivity index (χ2n) is 5.69. The third kappa shape index (κ3) is 4.91. The number of carbonyl (C=O) groups is 1. The highest BCUT2D eigenvalue weighted by Gasteiger charge is 2.26. The number of morpholine rings is 1. The molecule has 7 heteroatoms. The average Bonchev–Trinajstić information content (AvgIpc) is 2.45. The molecular formula is C15H20ClFN2O3. The fourth-order valence-electron chi connectivity index (χ4n) is 2.34. The van der Waals surface area contributed by atoms with Crippen molar-refractivity contribution in [1.82, 2.24) is 10.2 Å². The number of benzene rings is 1. The van der Waals surface area contributed by atoms with E-state index in [0.29, 0.717) is 19.8 Å². The Morgan fingerprint density at radius 2 is 2.18 bits per heavy atom. The van der Waals surface area contributed by atoms with Gasteiger partial charge in [0.1, 0.15) is 5.82 Å². The van der Waals surface area contributed by atoms with Gasteiger partial charge in [0.15, 0.2) is 0 Å². The molecule has 1 aliphatic rings. The van der Waals surface area contributed by atoms with Gasteiger partial charge in [0, 0.05) is 26.2 Å². The quantitative estimate of drug-likeness (QED) is 0.854. The van der Waals surface area contributed by atoms with Crippen molar-refractivity contribution in [1.29, 1.82) is 0 Å². The summed E-state index contributed by atoms with van der Waals surface area (Å²) in [5.41, 5.74) is -0.885. The van der Waals surface area contributed by atoms with Crippen molar-refractivity contribution < 1.29 is 19.0 Å². The molecule has 1 heterocycles. The van der Waals surface area contributed by atoms with Crippen LogP contribution in [0.25, 0.3) is 0 Å². The highest BCUT2D eigenvalue weighted by molar-refractivity contribution is 6.33. The Kier molecular flexibility index (Phi) is 5.74. The van der Waals surface area contributed by atoms with Crippen molar-refractivity contribution in [2.75, 3.05) is 39.4 Å². The summed E-state index contributed by atoms with van der Waals surface area (Å²) >= 11 is 5.84. The molecule has 22 heavy (non-hydrogen) atoms. The van der Waals surface area contributed by atoms with Crippen LogP contribution in [0.4, 0.5) is 4.39 Å². The van der Waals surface area contributed by atoms with E-state index in [9.17, 15) is 14.3 Å². The Morgan fingerprint density at radius 1 is 1.50 bits per heavy atom. The van der Waals surface area contributed by atoms with Gasteiger partial charge in [0.05, 0.1) is 29.4 Å². The minimum Gasteiger partial charge on any atom is -0.387 e. The summed E-state index contributed by atoms with van der Waals surface area (Å²) in [6, 6.07) is 3.58. The number of halogens is 2. The molecule has 0 radical (unpaired) electrons. The molecule has 1 atom stereocenters. The van der Waals surface area contributed by atoms with Crippen LogP contribution < -0.4 is 5.32 Å². The Hall–Kier alpha value is -1.21. The maximum atomic E-state index is 13.0. The van der Waals surface area contributed by atoms with Gasteiger partial charge in [-0.05, 0) is 25.1 Å². The van der Waals surface area contributed by atoms with E-state index in [1.165, 1.54) is 12.1 Å². The molecule has 0 aliphatic carbocycles. The van der Waals surface area contributed by atoms with Crippen LogP contribution in [0.15, 0.2) is 18.2 Å². The zero-order chi connectivity index (χ0) is 16.2. The van der Waals surface area contributed by atoms with E-state index in [-0.39, 0.29) is 17.1 Å². The zero-order valence-corrected chi connectivity index (χ0v) is 13.2. The summed E-state index contributed by atoms with van der Waals surface area (Å²) in [7, 11) is 0. The van der Waals surface area contributed by atoms with Crippen molar-refractivity contribution in [3.05, 3.63) is 34.6 Å². The molecule has 0 bridgehead atoms. The Morgan fingerprint density at radius 3 is 2.82 bits per heavy atom. The van der Waals surface area contributed by atoms with Gasteiger partial charge in [-0.3, -0.25) is 9.69 Å². The van der Waals surface area contributed by atoms with Gasteiger partial charge < -0.3 is 15.2 Å². The van der Waals surface area contributed by atoms with Crippen LogP contribution in [0.5, 0.6) is 0 Å². The van der Waals surface area contributed by atoms with Crippen LogP contribution in [-0.4, -0.2) is 60.9 Å². The van der Waals surface area contributed by atoms with Crippen LogP contribution in [-0.2, 0) is 4.74 Å². The van der Waals surface area contributed by atoms with E-state index < -0.39 is 17.3 Å². The molecular weight excluding hydrogens is 311 g/mol. The number of hydrogen-bond acceptors (Lipinski definition) is 4. The molecule has 122 valence electrons. The number of ether oxygens (including phenoxy) is 1. The molecule has 1 unspecified atom stereocenters. The number of β-amino-alcohol motifs (C(OH)–C–C–N with tert-alkyl or cyclic N) is 1. The van der Waals surface area contributed by atoms with E-state index in [1.807, 2.05) is 0 Å². The SMILES string of the molecule is CC(O)(CNC(=O)c1ccc(F)cc1Cl)CN1CCOCC1. The number of carbonyl (C=O) groups excluding carboxylic acids is 1. The van der Waals surface area contributed by atoms with Gasteiger partial charge in [-0.25, -0.2) is 4.39 Å². The topological polar surface area (TPSA) is 61.8 Å². The first-order chi connectivity index (χ1) is 10.4. The van der Waals surface area contributed by atoms with E-state index in [1.54, 1.807) is 6.92 Å². The molecule has 1 aromatic rings. The summed E-state index contributed by atoms with van der Waals surface area (Å²) in [5, 5.41) is 13.1. The monoisotopic (exact) mass is 330 g/mol. The Bertz CT molecular complexity index is 534. The van der Waals surface area contributed by atoms with Crippen molar-refractivity contribution in [3.63, 3.8) is 0 Å². The second kappa shape index (κ2) is 7.37. The lowest BCUT2D eigenvalue weighted by molar-refractivity contribution is -0.0213. The van der Waals surface area contributed by atoms with Gasteiger partial charge >= 0.3 is 0 Å². The van der Waals surface area contributed by atoms with Crippen molar-refractivity contribution in [3.8, 4) is 0 Å². The maximum Gasteiger partial charge on any atom is 0.252 e. The first-order valence-electron chi connectivity index (χ1n) is 7.13. The summed E-state index contributed by atoms with van der Waals surface area (Å²) in [6.07, 6.45) is 0. The fraction of sp³-hybridized carbons (Fsp3) is 0.533. The van der Waals surface area contributed by atoms with Crippen LogP contribution in [0.2, 0.25) is 5.02 Å². The second-order valence-corrected chi connectivity index (χ2v) is 6.10. The molecule has 1 aliphatic heterocycles. The van der Waals surface area contributed by atoms with Gasteiger partial charge in [0.25, 0.3) is 5.91 Å². The number of nitrogens with zero attached hydrogens (tertiary/aromatic N) is 1. The predicted octanol–water partition coefficient (Wildman–Crippen LogP) is 1.29. The van der Waals surface area contributed by atoms with E-state index in [0.717, 1.165) is 19.2 Å². The molecule has 1 fully saturated rings. The number of hydrogen-bond donors (Lipinski definition) is 2. The number of nitrogens with one attached hydrogen (secondary N) is 1. The van der Waals surface area contributed by atoms with Crippen molar-refractivity contribution in [2.45, 2.75) is 12.5 Å². The van der Waals surface area contributed by atoms with E-state index >= 15 is 0 Å². The molecule has 0 spiro atoms. The highest BCUT2D eigenvalue weighted by Crippen LogP contribution is 2.17. The molecule has 1 amide bonds. The van der Waals surface area contributed by atoms with Gasteiger partial charge in [-0.15, -0.1) is 0 Å². The molecule has 2 rings (SSSR count). The Labute approximate surface area is 134 Å². The minimum atomic E-state index is -1.07. The predicted molar refractivity (Wildman–Crippen MR) is 81.6 cm³/mol. The molecule has 0 saturated carbocycles. The highest BCUT2D eigenvalue weighted by atomic mass is 35.5. The number of amides is 1. The molecule has 1 saturated heterocycles. The fourth-order valence-corrected chi connectivity index (χ4v) is 2.59. The summed E-state index contributed by atoms with van der Waals surface area (Å²) in [5.74, 6) is -0.937. The lowest BCUT2D eigenvalue weighted by atomic mass is 10.1. The van der Waals surface area contributed by atoms with Gasteiger partial charge in [-0.2, -0.15) is 0 Å². The lowest BCUT2D eigenvalue weighted by Gasteiger charge is -2.33. The zero-order valence-electron chi connectivity index (χ0n) is 12.4. The van der Waals surface area contributed by atoms with Crippen LogP contribution in [0.3, 0.4) is 0 Å². The summed E-state index contributed by atoms with van der Waals surface area (Å²) < 4.78 is 18.2. The van der Waals surface area contributed by atoms with Crippen LogP contribution in [0, 0.1) is 5.82 Å². The van der Waals surface area contributed by atoms with Gasteiger partial charge in [-0.1, -0.05) is 11.6 Å². The lowest BCUT2D eigenvalue weighted by Crippen LogP contribution is -2.51. The average molecular weight is 331 g/mol. The largest absolute Gasteiger partial charge is 0.387 e. The first kappa shape index (κ1) is 17.1. The van der Waals surface area contributed by atoms with E-state index in [2.05, 4.69) is 10.2 Å². The number of aliphatic hydroxyl groups is 1. The van der Waals surface area contributed by atoms with E-state index in [4.69, 9.17) is 16.3 Å². The molecule has 5 nitrogen and oxygen atoms in total. The molecule has 1 aromatic carbocycles. The molecule has 0 aromatic heterocycles. The first-order valence-corrected chi connectivity index (χ1v) is 7.51. The maximum absolute atomic E-state index is 13.0. The molecule has 2 N–H and O–H groups in total.